The minimum absolute atomic E-state index is 0.278. The zero-order chi connectivity index (χ0) is 15.4. The number of amides is 3. The molecule has 7 nitrogen and oxygen atoms in total. The normalized spacial score (nSPS) is 18.0. The fraction of sp³-hybridized carbons (Fsp3) is 0.308. The predicted molar refractivity (Wildman–Crippen MR) is 83.9 cm³/mol. The summed E-state index contributed by atoms with van der Waals surface area (Å²) in [6, 6.07) is 5.71. The molecule has 1 saturated heterocycles. The zero-order valence-corrected chi connectivity index (χ0v) is 13.2. The van der Waals surface area contributed by atoms with Gasteiger partial charge in [0.2, 0.25) is 5.91 Å². The quantitative estimate of drug-likeness (QED) is 0.659. The third kappa shape index (κ3) is 4.06. The summed E-state index contributed by atoms with van der Waals surface area (Å²) in [7, 11) is 0. The van der Waals surface area contributed by atoms with E-state index in [1.165, 1.54) is 4.90 Å². The van der Waals surface area contributed by atoms with Crippen molar-refractivity contribution in [3.05, 3.63) is 27.8 Å². The van der Waals surface area contributed by atoms with Gasteiger partial charge < -0.3 is 20.6 Å². The summed E-state index contributed by atoms with van der Waals surface area (Å²) in [6.45, 7) is 0.592. The average Bonchev–Trinajstić information content (AvgIpc) is 2.43. The van der Waals surface area contributed by atoms with Gasteiger partial charge >= 0.3 is 12.0 Å². The van der Waals surface area contributed by atoms with Gasteiger partial charge in [0.25, 0.3) is 0 Å². The number of carboxylic acids is 1. The molecular formula is C13H14IN3O4. The first-order valence-electron chi connectivity index (χ1n) is 6.30. The van der Waals surface area contributed by atoms with Crippen LogP contribution in [0.2, 0.25) is 0 Å². The third-order valence-corrected chi connectivity index (χ3v) is 3.77. The lowest BCUT2D eigenvalue weighted by Crippen LogP contribution is -2.58. The fourth-order valence-corrected chi connectivity index (χ4v) is 2.41. The molecule has 0 bridgehead atoms. The molecule has 2 rings (SSSR count). The Morgan fingerprint density at radius 3 is 2.67 bits per heavy atom. The van der Waals surface area contributed by atoms with E-state index >= 15 is 0 Å². The Morgan fingerprint density at radius 2 is 2.05 bits per heavy atom. The number of carbonyl (C=O) groups is 3. The van der Waals surface area contributed by atoms with Crippen LogP contribution in [0, 0.1) is 3.57 Å². The first kappa shape index (κ1) is 15.5. The molecule has 1 aliphatic rings. The topological polar surface area (TPSA) is 98.7 Å². The second-order valence-corrected chi connectivity index (χ2v) is 5.78. The molecular weight excluding hydrogens is 389 g/mol. The summed E-state index contributed by atoms with van der Waals surface area (Å²) in [6.07, 6.45) is -0.411. The van der Waals surface area contributed by atoms with Crippen molar-refractivity contribution in [2.24, 2.45) is 0 Å². The summed E-state index contributed by atoms with van der Waals surface area (Å²) in [5.74, 6) is -1.56. The summed E-state index contributed by atoms with van der Waals surface area (Å²) in [5.41, 5.74) is 0.598. The molecule has 21 heavy (non-hydrogen) atoms. The third-order valence-electron chi connectivity index (χ3n) is 3.06. The van der Waals surface area contributed by atoms with Crippen LogP contribution in [0.5, 0.6) is 0 Å². The summed E-state index contributed by atoms with van der Waals surface area (Å²) in [5, 5.41) is 14.1. The SMILES string of the molecule is O=C(O)CC1C(=O)NCCN1C(=O)Nc1ccc(I)cc1. The van der Waals surface area contributed by atoms with Crippen LogP contribution in [0.4, 0.5) is 10.5 Å². The van der Waals surface area contributed by atoms with Crippen molar-refractivity contribution in [3.63, 3.8) is 0 Å². The minimum atomic E-state index is -1.12. The number of nitrogens with zero attached hydrogens (tertiary/aromatic N) is 1. The van der Waals surface area contributed by atoms with E-state index in [2.05, 4.69) is 33.2 Å². The van der Waals surface area contributed by atoms with Crippen LogP contribution < -0.4 is 10.6 Å². The molecule has 1 aromatic rings. The number of aliphatic carboxylic acids is 1. The van der Waals surface area contributed by atoms with Gasteiger partial charge in [-0.3, -0.25) is 9.59 Å². The molecule has 8 heteroatoms. The molecule has 3 amide bonds. The number of nitrogens with one attached hydrogen (secondary N) is 2. The second-order valence-electron chi connectivity index (χ2n) is 4.54. The monoisotopic (exact) mass is 403 g/mol. The van der Waals surface area contributed by atoms with Crippen molar-refractivity contribution in [3.8, 4) is 0 Å². The van der Waals surface area contributed by atoms with Gasteiger partial charge in [-0.1, -0.05) is 0 Å². The van der Waals surface area contributed by atoms with Crippen LogP contribution in [0.15, 0.2) is 24.3 Å². The van der Waals surface area contributed by atoms with Gasteiger partial charge in [0.05, 0.1) is 6.42 Å². The van der Waals surface area contributed by atoms with E-state index in [-0.39, 0.29) is 6.54 Å². The summed E-state index contributed by atoms with van der Waals surface area (Å²) < 4.78 is 1.03. The van der Waals surface area contributed by atoms with Crippen molar-refractivity contribution in [2.45, 2.75) is 12.5 Å². The summed E-state index contributed by atoms with van der Waals surface area (Å²) in [4.78, 5) is 36.1. The molecule has 1 unspecified atom stereocenters. The van der Waals surface area contributed by atoms with Gasteiger partial charge in [0.1, 0.15) is 6.04 Å². The van der Waals surface area contributed by atoms with Gasteiger partial charge in [-0.25, -0.2) is 4.79 Å². The highest BCUT2D eigenvalue weighted by Crippen LogP contribution is 2.15. The number of halogens is 1. The molecule has 3 N–H and O–H groups in total. The number of carbonyl (C=O) groups excluding carboxylic acids is 2. The van der Waals surface area contributed by atoms with E-state index in [1.54, 1.807) is 12.1 Å². The zero-order valence-electron chi connectivity index (χ0n) is 11.0. The molecule has 0 aliphatic carbocycles. The maximum Gasteiger partial charge on any atom is 0.322 e. The molecule has 1 atom stereocenters. The van der Waals surface area contributed by atoms with E-state index in [4.69, 9.17) is 5.11 Å². The molecule has 112 valence electrons. The number of hydrogen-bond donors (Lipinski definition) is 3. The van der Waals surface area contributed by atoms with Crippen LogP contribution in [0.1, 0.15) is 6.42 Å². The van der Waals surface area contributed by atoms with Crippen molar-refractivity contribution in [1.29, 1.82) is 0 Å². The lowest BCUT2D eigenvalue weighted by Gasteiger charge is -2.34. The highest BCUT2D eigenvalue weighted by Gasteiger charge is 2.34. The first-order valence-corrected chi connectivity index (χ1v) is 7.38. The van der Waals surface area contributed by atoms with Crippen molar-refractivity contribution in [1.82, 2.24) is 10.2 Å². The van der Waals surface area contributed by atoms with E-state index < -0.39 is 30.4 Å². The molecule has 0 saturated carbocycles. The molecule has 0 spiro atoms. The van der Waals surface area contributed by atoms with Crippen LogP contribution in [-0.4, -0.2) is 47.0 Å². The molecule has 1 aliphatic heterocycles. The van der Waals surface area contributed by atoms with Gasteiger partial charge in [0, 0.05) is 22.3 Å². The maximum absolute atomic E-state index is 12.2. The molecule has 1 heterocycles. The van der Waals surface area contributed by atoms with E-state index in [0.717, 1.165) is 3.57 Å². The van der Waals surface area contributed by atoms with Gasteiger partial charge in [-0.15, -0.1) is 0 Å². The second kappa shape index (κ2) is 6.74. The lowest BCUT2D eigenvalue weighted by atomic mass is 10.1. The van der Waals surface area contributed by atoms with Crippen LogP contribution in [0.25, 0.3) is 0 Å². The Balaban J connectivity index is 2.09. The number of benzene rings is 1. The van der Waals surface area contributed by atoms with Gasteiger partial charge in [-0.2, -0.15) is 0 Å². The Morgan fingerprint density at radius 1 is 1.38 bits per heavy atom. The van der Waals surface area contributed by atoms with E-state index in [9.17, 15) is 14.4 Å². The number of rotatable bonds is 3. The molecule has 1 fully saturated rings. The number of anilines is 1. The van der Waals surface area contributed by atoms with E-state index in [0.29, 0.717) is 12.2 Å². The smallest absolute Gasteiger partial charge is 0.322 e. The average molecular weight is 403 g/mol. The Hall–Kier alpha value is -1.84. The summed E-state index contributed by atoms with van der Waals surface area (Å²) >= 11 is 2.15. The molecule has 0 radical (unpaired) electrons. The Kier molecular flexibility index (Phi) is 4.99. The standard InChI is InChI=1S/C13H14IN3O4/c14-8-1-3-9(4-2-8)16-13(21)17-6-5-15-12(20)10(17)7-11(18)19/h1-4,10H,5-7H2,(H,15,20)(H,16,21)(H,18,19). The number of urea groups is 1. The highest BCUT2D eigenvalue weighted by atomic mass is 127. The first-order chi connectivity index (χ1) is 9.97. The van der Waals surface area contributed by atoms with Crippen molar-refractivity contribution in [2.75, 3.05) is 18.4 Å². The van der Waals surface area contributed by atoms with Crippen LogP contribution in [0.3, 0.4) is 0 Å². The van der Waals surface area contributed by atoms with Crippen LogP contribution in [-0.2, 0) is 9.59 Å². The fourth-order valence-electron chi connectivity index (χ4n) is 2.05. The largest absolute Gasteiger partial charge is 0.481 e. The van der Waals surface area contributed by atoms with E-state index in [1.807, 2.05) is 12.1 Å². The van der Waals surface area contributed by atoms with Gasteiger partial charge in [-0.05, 0) is 46.9 Å². The van der Waals surface area contributed by atoms with Crippen molar-refractivity contribution >= 4 is 46.2 Å². The number of hydrogen-bond acceptors (Lipinski definition) is 3. The Labute approximate surface area is 134 Å². The molecule has 0 aromatic heterocycles. The lowest BCUT2D eigenvalue weighted by molar-refractivity contribution is -0.142. The molecule has 1 aromatic carbocycles. The van der Waals surface area contributed by atoms with Gasteiger partial charge in [0.15, 0.2) is 0 Å². The predicted octanol–water partition coefficient (Wildman–Crippen LogP) is 1.10. The highest BCUT2D eigenvalue weighted by molar-refractivity contribution is 14.1. The van der Waals surface area contributed by atoms with Crippen molar-refractivity contribution < 1.29 is 19.5 Å². The Bertz CT molecular complexity index is 561. The van der Waals surface area contributed by atoms with Crippen LogP contribution >= 0.6 is 22.6 Å². The maximum atomic E-state index is 12.2. The number of carboxylic acid groups (broad SMARTS) is 1. The minimum Gasteiger partial charge on any atom is -0.481 e. The number of piperazine rings is 1.